The van der Waals surface area contributed by atoms with Crippen LogP contribution in [0.25, 0.3) is 0 Å². The molecule has 0 heterocycles. The Morgan fingerprint density at radius 2 is 1.70 bits per heavy atom. The van der Waals surface area contributed by atoms with Gasteiger partial charge in [-0.05, 0) is 30.3 Å². The zero-order valence-electron chi connectivity index (χ0n) is 10.1. The van der Waals surface area contributed by atoms with Crippen LogP contribution in [0.1, 0.15) is 15.9 Å². The van der Waals surface area contributed by atoms with E-state index in [1.807, 2.05) is 0 Å². The largest absolute Gasteiger partial charge is 0.508 e. The molecule has 0 aliphatic rings. The highest BCUT2D eigenvalue weighted by molar-refractivity contribution is 6.04. The van der Waals surface area contributed by atoms with Crippen LogP contribution in [-0.4, -0.2) is 11.0 Å². The molecule has 3 nitrogen and oxygen atoms in total. The first-order valence-corrected chi connectivity index (χ1v) is 5.64. The summed E-state index contributed by atoms with van der Waals surface area (Å²) in [5.41, 5.74) is -1.25. The SMILES string of the molecule is O=C(Nc1ccc(O)cc1C(F)(F)F)c1ccccc1. The van der Waals surface area contributed by atoms with Crippen molar-refractivity contribution in [3.63, 3.8) is 0 Å². The molecule has 0 aliphatic heterocycles. The molecule has 0 radical (unpaired) electrons. The monoisotopic (exact) mass is 281 g/mol. The van der Waals surface area contributed by atoms with Crippen LogP contribution in [0.15, 0.2) is 48.5 Å². The number of nitrogens with one attached hydrogen (secondary N) is 1. The second kappa shape index (κ2) is 5.24. The maximum Gasteiger partial charge on any atom is 0.418 e. The third kappa shape index (κ3) is 3.09. The molecule has 0 saturated heterocycles. The van der Waals surface area contributed by atoms with Crippen LogP contribution in [0.3, 0.4) is 0 Å². The lowest BCUT2D eigenvalue weighted by molar-refractivity contribution is -0.137. The fourth-order valence-corrected chi connectivity index (χ4v) is 1.66. The summed E-state index contributed by atoms with van der Waals surface area (Å²) < 4.78 is 38.5. The Morgan fingerprint density at radius 1 is 1.05 bits per heavy atom. The summed E-state index contributed by atoms with van der Waals surface area (Å²) >= 11 is 0. The molecular formula is C14H10F3NO2. The highest BCUT2D eigenvalue weighted by Gasteiger charge is 2.34. The highest BCUT2D eigenvalue weighted by Crippen LogP contribution is 2.37. The van der Waals surface area contributed by atoms with Gasteiger partial charge in [0.2, 0.25) is 0 Å². The summed E-state index contributed by atoms with van der Waals surface area (Å²) in [4.78, 5) is 11.8. The molecule has 104 valence electrons. The maximum absolute atomic E-state index is 12.8. The molecule has 2 aromatic rings. The van der Waals surface area contributed by atoms with Gasteiger partial charge in [0.1, 0.15) is 5.75 Å². The van der Waals surface area contributed by atoms with Gasteiger partial charge in [0.15, 0.2) is 0 Å². The number of hydrogen-bond donors (Lipinski definition) is 2. The van der Waals surface area contributed by atoms with Crippen molar-refractivity contribution in [3.8, 4) is 5.75 Å². The lowest BCUT2D eigenvalue weighted by Gasteiger charge is -2.14. The molecule has 6 heteroatoms. The van der Waals surface area contributed by atoms with E-state index in [-0.39, 0.29) is 5.56 Å². The number of benzene rings is 2. The predicted molar refractivity (Wildman–Crippen MR) is 67.5 cm³/mol. The van der Waals surface area contributed by atoms with E-state index in [0.29, 0.717) is 6.07 Å². The average Bonchev–Trinajstić information content (AvgIpc) is 2.40. The van der Waals surface area contributed by atoms with Crippen molar-refractivity contribution in [2.75, 3.05) is 5.32 Å². The second-order valence-electron chi connectivity index (χ2n) is 4.05. The molecule has 0 saturated carbocycles. The van der Waals surface area contributed by atoms with Gasteiger partial charge in [-0.1, -0.05) is 18.2 Å². The van der Waals surface area contributed by atoms with E-state index < -0.39 is 29.1 Å². The quantitative estimate of drug-likeness (QED) is 0.825. The van der Waals surface area contributed by atoms with E-state index >= 15 is 0 Å². The Balaban J connectivity index is 2.33. The fourth-order valence-electron chi connectivity index (χ4n) is 1.66. The van der Waals surface area contributed by atoms with Crippen molar-refractivity contribution < 1.29 is 23.1 Å². The summed E-state index contributed by atoms with van der Waals surface area (Å²) in [5.74, 6) is -1.17. The van der Waals surface area contributed by atoms with Crippen molar-refractivity contribution in [1.82, 2.24) is 0 Å². The number of aromatic hydroxyl groups is 1. The number of rotatable bonds is 2. The van der Waals surface area contributed by atoms with E-state index in [9.17, 15) is 18.0 Å². The third-order valence-corrected chi connectivity index (χ3v) is 2.59. The molecule has 2 aromatic carbocycles. The van der Waals surface area contributed by atoms with E-state index in [4.69, 9.17) is 5.11 Å². The zero-order valence-corrected chi connectivity index (χ0v) is 10.1. The van der Waals surface area contributed by atoms with Crippen LogP contribution >= 0.6 is 0 Å². The molecule has 0 atom stereocenters. The van der Waals surface area contributed by atoms with Gasteiger partial charge in [-0.25, -0.2) is 0 Å². The summed E-state index contributed by atoms with van der Waals surface area (Å²) in [6.45, 7) is 0. The summed E-state index contributed by atoms with van der Waals surface area (Å²) in [6.07, 6.45) is -4.67. The number of carbonyl (C=O) groups excluding carboxylic acids is 1. The number of amides is 1. The Hall–Kier alpha value is -2.50. The Morgan fingerprint density at radius 3 is 2.30 bits per heavy atom. The molecule has 0 spiro atoms. The van der Waals surface area contributed by atoms with Crippen LogP contribution in [0.4, 0.5) is 18.9 Å². The summed E-state index contributed by atoms with van der Waals surface area (Å²) in [7, 11) is 0. The molecule has 0 bridgehead atoms. The maximum atomic E-state index is 12.8. The zero-order chi connectivity index (χ0) is 14.8. The minimum atomic E-state index is -4.67. The molecule has 1 amide bonds. The van der Waals surface area contributed by atoms with Crippen molar-refractivity contribution in [1.29, 1.82) is 0 Å². The number of halogens is 3. The lowest BCUT2D eigenvalue weighted by Crippen LogP contribution is -2.16. The smallest absolute Gasteiger partial charge is 0.418 e. The Kier molecular flexibility index (Phi) is 3.65. The average molecular weight is 281 g/mol. The van der Waals surface area contributed by atoms with Gasteiger partial charge in [0, 0.05) is 5.56 Å². The molecule has 2 N–H and O–H groups in total. The van der Waals surface area contributed by atoms with Crippen LogP contribution < -0.4 is 5.32 Å². The van der Waals surface area contributed by atoms with Gasteiger partial charge >= 0.3 is 6.18 Å². The van der Waals surface area contributed by atoms with Crippen LogP contribution in [0.5, 0.6) is 5.75 Å². The molecule has 2 rings (SSSR count). The number of anilines is 1. The third-order valence-electron chi connectivity index (χ3n) is 2.59. The van der Waals surface area contributed by atoms with Gasteiger partial charge in [0.05, 0.1) is 11.3 Å². The van der Waals surface area contributed by atoms with Crippen molar-refractivity contribution in [2.45, 2.75) is 6.18 Å². The molecule has 0 unspecified atom stereocenters. The van der Waals surface area contributed by atoms with E-state index in [1.165, 1.54) is 12.1 Å². The van der Waals surface area contributed by atoms with Gasteiger partial charge in [-0.15, -0.1) is 0 Å². The first-order chi connectivity index (χ1) is 9.38. The van der Waals surface area contributed by atoms with Gasteiger partial charge < -0.3 is 10.4 Å². The van der Waals surface area contributed by atoms with Crippen LogP contribution in [0, 0.1) is 0 Å². The molecule has 0 fully saturated rings. The number of phenolic OH excluding ortho intramolecular Hbond substituents is 1. The van der Waals surface area contributed by atoms with Gasteiger partial charge in [0.25, 0.3) is 5.91 Å². The molecule has 20 heavy (non-hydrogen) atoms. The number of carbonyl (C=O) groups is 1. The topological polar surface area (TPSA) is 49.3 Å². The van der Waals surface area contributed by atoms with Crippen molar-refractivity contribution in [2.24, 2.45) is 0 Å². The summed E-state index contributed by atoms with van der Waals surface area (Å²) in [5, 5.41) is 11.3. The standard InChI is InChI=1S/C14H10F3NO2/c15-14(16,17)11-8-10(19)6-7-12(11)18-13(20)9-4-2-1-3-5-9/h1-8,19H,(H,18,20). The van der Waals surface area contributed by atoms with E-state index in [0.717, 1.165) is 12.1 Å². The Labute approximate surface area is 112 Å². The number of alkyl halides is 3. The minimum absolute atomic E-state index is 0.244. The Bertz CT molecular complexity index is 624. The number of phenols is 1. The lowest BCUT2D eigenvalue weighted by atomic mass is 10.1. The molecule has 0 aliphatic carbocycles. The predicted octanol–water partition coefficient (Wildman–Crippen LogP) is 3.66. The van der Waals surface area contributed by atoms with Gasteiger partial charge in [-0.2, -0.15) is 13.2 Å². The van der Waals surface area contributed by atoms with Crippen molar-refractivity contribution in [3.05, 3.63) is 59.7 Å². The van der Waals surface area contributed by atoms with Crippen LogP contribution in [-0.2, 0) is 6.18 Å². The number of hydrogen-bond acceptors (Lipinski definition) is 2. The minimum Gasteiger partial charge on any atom is -0.508 e. The highest BCUT2D eigenvalue weighted by atomic mass is 19.4. The first-order valence-electron chi connectivity index (χ1n) is 5.64. The normalized spacial score (nSPS) is 11.2. The van der Waals surface area contributed by atoms with Gasteiger partial charge in [-0.3, -0.25) is 4.79 Å². The van der Waals surface area contributed by atoms with E-state index in [1.54, 1.807) is 18.2 Å². The fraction of sp³-hybridized carbons (Fsp3) is 0.0714. The second-order valence-corrected chi connectivity index (χ2v) is 4.05. The van der Waals surface area contributed by atoms with E-state index in [2.05, 4.69) is 5.32 Å². The molecular weight excluding hydrogens is 271 g/mol. The van der Waals surface area contributed by atoms with Crippen LogP contribution in [0.2, 0.25) is 0 Å². The molecule has 0 aromatic heterocycles. The first kappa shape index (κ1) is 13.9. The summed E-state index contributed by atoms with van der Waals surface area (Å²) in [6, 6.07) is 10.5. The van der Waals surface area contributed by atoms with Crippen molar-refractivity contribution >= 4 is 11.6 Å².